The van der Waals surface area contributed by atoms with E-state index >= 15 is 0 Å². The van der Waals surface area contributed by atoms with E-state index in [0.717, 1.165) is 12.1 Å². The first-order valence-electron chi connectivity index (χ1n) is 7.15. The average molecular weight is 356 g/mol. The Hall–Kier alpha value is -2.21. The number of alkyl halides is 3. The normalized spacial score (nSPS) is 17.2. The average Bonchev–Trinajstić information content (AvgIpc) is 2.74. The third-order valence-corrected chi connectivity index (χ3v) is 4.31. The lowest BCUT2D eigenvalue weighted by Gasteiger charge is -2.14. The predicted octanol–water partition coefficient (Wildman–Crippen LogP) is 5.23. The number of fused-ring (bicyclic) bond motifs is 1. The van der Waals surface area contributed by atoms with Crippen LogP contribution in [-0.2, 0) is 11.0 Å². The van der Waals surface area contributed by atoms with Crippen LogP contribution in [0.15, 0.2) is 36.4 Å². The van der Waals surface area contributed by atoms with Gasteiger partial charge in [-0.3, -0.25) is 4.79 Å². The van der Waals surface area contributed by atoms with Crippen LogP contribution in [0.5, 0.6) is 11.5 Å². The molecule has 1 unspecified atom stereocenters. The molecule has 7 heteroatoms. The third kappa shape index (κ3) is 2.71. The zero-order valence-electron chi connectivity index (χ0n) is 12.8. The molecule has 24 heavy (non-hydrogen) atoms. The summed E-state index contributed by atoms with van der Waals surface area (Å²) < 4.78 is 43.8. The summed E-state index contributed by atoms with van der Waals surface area (Å²) in [6.45, 7) is 1.76. The number of nitrogens with zero attached hydrogens (tertiary/aromatic N) is 1. The van der Waals surface area contributed by atoms with E-state index in [1.807, 2.05) is 0 Å². The topological polar surface area (TPSA) is 29.5 Å². The maximum absolute atomic E-state index is 12.7. The molecule has 3 rings (SSSR count). The molecular formula is C17H13ClF3NO2. The summed E-state index contributed by atoms with van der Waals surface area (Å²) in [5, 5.41) is -0.146. The van der Waals surface area contributed by atoms with Crippen molar-refractivity contribution in [2.45, 2.75) is 19.0 Å². The van der Waals surface area contributed by atoms with Crippen LogP contribution in [0, 0.1) is 0 Å². The predicted molar refractivity (Wildman–Crippen MR) is 84.8 cm³/mol. The molecule has 3 nitrogen and oxygen atoms in total. The van der Waals surface area contributed by atoms with Crippen molar-refractivity contribution in [1.82, 2.24) is 0 Å². The van der Waals surface area contributed by atoms with Crippen molar-refractivity contribution in [2.75, 3.05) is 11.9 Å². The first-order valence-corrected chi connectivity index (χ1v) is 7.53. The number of carbonyl (C=O) groups excluding carboxylic acids is 1. The fraction of sp³-hybridized carbons (Fsp3) is 0.235. The molecule has 0 spiro atoms. The number of benzene rings is 2. The molecule has 0 saturated heterocycles. The second kappa shape index (κ2) is 5.70. The molecule has 1 amide bonds. The number of rotatable bonds is 2. The van der Waals surface area contributed by atoms with Gasteiger partial charge in [-0.15, -0.1) is 0 Å². The van der Waals surface area contributed by atoms with Gasteiger partial charge in [-0.1, -0.05) is 17.7 Å². The number of halogens is 4. The molecule has 1 aliphatic heterocycles. The van der Waals surface area contributed by atoms with E-state index in [9.17, 15) is 18.0 Å². The van der Waals surface area contributed by atoms with Crippen molar-refractivity contribution in [1.29, 1.82) is 0 Å². The lowest BCUT2D eigenvalue weighted by molar-refractivity contribution is -0.137. The summed E-state index contributed by atoms with van der Waals surface area (Å²) in [6.07, 6.45) is -4.47. The van der Waals surface area contributed by atoms with Gasteiger partial charge in [0.15, 0.2) is 0 Å². The van der Waals surface area contributed by atoms with Gasteiger partial charge in [-0.25, -0.2) is 0 Å². The fourth-order valence-electron chi connectivity index (χ4n) is 2.76. The molecule has 1 aliphatic rings. The van der Waals surface area contributed by atoms with Gasteiger partial charge in [0.1, 0.15) is 11.5 Å². The van der Waals surface area contributed by atoms with E-state index in [0.29, 0.717) is 17.0 Å². The summed E-state index contributed by atoms with van der Waals surface area (Å²) in [7, 11) is 1.67. The van der Waals surface area contributed by atoms with Gasteiger partial charge in [0.25, 0.3) is 0 Å². The highest BCUT2D eigenvalue weighted by Gasteiger charge is 2.35. The number of ether oxygens (including phenoxy) is 1. The quantitative estimate of drug-likeness (QED) is 0.738. The molecular weight excluding hydrogens is 343 g/mol. The van der Waals surface area contributed by atoms with Crippen molar-refractivity contribution in [2.24, 2.45) is 0 Å². The van der Waals surface area contributed by atoms with Crippen LogP contribution < -0.4 is 9.64 Å². The van der Waals surface area contributed by atoms with Crippen molar-refractivity contribution >= 4 is 23.2 Å². The van der Waals surface area contributed by atoms with E-state index in [4.69, 9.17) is 16.3 Å². The largest absolute Gasteiger partial charge is 0.455 e. The molecule has 1 atom stereocenters. The standard InChI is InChI=1S/C17H13ClF3NO2/c1-9-15-12(22(2)16(9)23)4-3-5-14(15)24-13-7-6-10(8-11(13)18)17(19,20)21/h3-9H,1-2H3. The van der Waals surface area contributed by atoms with Crippen LogP contribution in [0.2, 0.25) is 5.02 Å². The number of anilines is 1. The monoisotopic (exact) mass is 355 g/mol. The summed E-state index contributed by atoms with van der Waals surface area (Å²) in [5.74, 6) is 0.0422. The first kappa shape index (κ1) is 16.6. The van der Waals surface area contributed by atoms with Gasteiger partial charge in [0.2, 0.25) is 5.91 Å². The maximum atomic E-state index is 12.7. The Balaban J connectivity index is 1.98. The number of carbonyl (C=O) groups is 1. The van der Waals surface area contributed by atoms with Crippen LogP contribution >= 0.6 is 11.6 Å². The molecule has 2 aromatic rings. The van der Waals surface area contributed by atoms with E-state index in [-0.39, 0.29) is 16.7 Å². The lowest BCUT2D eigenvalue weighted by atomic mass is 10.0. The van der Waals surface area contributed by atoms with Crippen LogP contribution in [-0.4, -0.2) is 13.0 Å². The molecule has 0 N–H and O–H groups in total. The van der Waals surface area contributed by atoms with Crippen molar-refractivity contribution in [3.8, 4) is 11.5 Å². The van der Waals surface area contributed by atoms with Gasteiger partial charge in [0.05, 0.1) is 22.2 Å². The zero-order chi connectivity index (χ0) is 17.6. The van der Waals surface area contributed by atoms with Crippen LogP contribution in [0.3, 0.4) is 0 Å². The van der Waals surface area contributed by atoms with Crippen molar-refractivity contribution in [3.05, 3.63) is 52.5 Å². The number of amides is 1. The molecule has 1 heterocycles. The summed E-state index contributed by atoms with van der Waals surface area (Å²) in [5.41, 5.74) is 0.565. The molecule has 0 bridgehead atoms. The van der Waals surface area contributed by atoms with Gasteiger partial charge < -0.3 is 9.64 Å². The minimum Gasteiger partial charge on any atom is -0.455 e. The Morgan fingerprint density at radius 3 is 2.50 bits per heavy atom. The van der Waals surface area contributed by atoms with Crippen LogP contribution in [0.4, 0.5) is 18.9 Å². The van der Waals surface area contributed by atoms with E-state index in [2.05, 4.69) is 0 Å². The Morgan fingerprint density at radius 1 is 1.17 bits per heavy atom. The number of hydrogen-bond donors (Lipinski definition) is 0. The Kier molecular flexibility index (Phi) is 3.95. The highest BCUT2D eigenvalue weighted by Crippen LogP contribution is 2.44. The van der Waals surface area contributed by atoms with Gasteiger partial charge in [-0.2, -0.15) is 13.2 Å². The van der Waals surface area contributed by atoms with Gasteiger partial charge in [-0.05, 0) is 37.3 Å². The highest BCUT2D eigenvalue weighted by atomic mass is 35.5. The maximum Gasteiger partial charge on any atom is 0.416 e. The van der Waals surface area contributed by atoms with Crippen LogP contribution in [0.25, 0.3) is 0 Å². The Morgan fingerprint density at radius 2 is 1.88 bits per heavy atom. The number of likely N-dealkylation sites (N-methyl/N-ethyl adjacent to an activating group) is 1. The minimum atomic E-state index is -4.47. The molecule has 126 valence electrons. The van der Waals surface area contributed by atoms with Crippen molar-refractivity contribution < 1.29 is 22.7 Å². The second-order valence-electron chi connectivity index (χ2n) is 5.55. The fourth-order valence-corrected chi connectivity index (χ4v) is 2.98. The van der Waals surface area contributed by atoms with Crippen molar-refractivity contribution in [3.63, 3.8) is 0 Å². The smallest absolute Gasteiger partial charge is 0.416 e. The molecule has 0 radical (unpaired) electrons. The van der Waals surface area contributed by atoms with Crippen LogP contribution in [0.1, 0.15) is 24.0 Å². The third-order valence-electron chi connectivity index (χ3n) is 4.02. The molecule has 0 aromatic heterocycles. The minimum absolute atomic E-state index is 0.0698. The SMILES string of the molecule is CC1C(=O)N(C)c2cccc(Oc3ccc(C(F)(F)F)cc3Cl)c21. The van der Waals surface area contributed by atoms with E-state index in [1.165, 1.54) is 11.0 Å². The molecule has 0 saturated carbocycles. The Labute approximate surface area is 141 Å². The Bertz CT molecular complexity index is 820. The summed E-state index contributed by atoms with van der Waals surface area (Å²) in [4.78, 5) is 13.6. The summed E-state index contributed by atoms with van der Waals surface area (Å²) in [6, 6.07) is 8.07. The van der Waals surface area contributed by atoms with E-state index < -0.39 is 17.7 Å². The van der Waals surface area contributed by atoms with Gasteiger partial charge in [0, 0.05) is 12.6 Å². The summed E-state index contributed by atoms with van der Waals surface area (Å²) >= 11 is 5.93. The molecule has 0 fully saturated rings. The number of hydrogen-bond acceptors (Lipinski definition) is 2. The lowest BCUT2D eigenvalue weighted by Crippen LogP contribution is -2.22. The van der Waals surface area contributed by atoms with Gasteiger partial charge >= 0.3 is 6.18 Å². The van der Waals surface area contributed by atoms with E-state index in [1.54, 1.807) is 32.2 Å². The molecule has 0 aliphatic carbocycles. The first-order chi connectivity index (χ1) is 11.2. The highest BCUT2D eigenvalue weighted by molar-refractivity contribution is 6.32. The molecule has 2 aromatic carbocycles. The second-order valence-corrected chi connectivity index (χ2v) is 5.96. The zero-order valence-corrected chi connectivity index (χ0v) is 13.6.